The van der Waals surface area contributed by atoms with Crippen molar-refractivity contribution in [2.45, 2.75) is 79.1 Å². The average Bonchev–Trinajstić information content (AvgIpc) is 2.59. The van der Waals surface area contributed by atoms with Crippen LogP contribution in [-0.4, -0.2) is 22.6 Å². The SMILES string of the molecule is CCCCCCCCC/C(=C\C1=C(C)C(=O)C(C)=C(C)C1=O)C(=O)O. The quantitative estimate of drug-likeness (QED) is 0.345. The number of carbonyl (C=O) groups is 3. The maximum absolute atomic E-state index is 12.4. The van der Waals surface area contributed by atoms with Crippen LogP contribution in [0.25, 0.3) is 0 Å². The Hall–Kier alpha value is -1.97. The molecule has 138 valence electrons. The lowest BCUT2D eigenvalue weighted by Crippen LogP contribution is -2.20. The molecule has 4 heteroatoms. The minimum atomic E-state index is -1.02. The maximum Gasteiger partial charge on any atom is 0.331 e. The first kappa shape index (κ1) is 21.1. The number of ketones is 2. The number of allylic oxidation sites excluding steroid dienone is 5. The number of carboxylic acids is 1. The van der Waals surface area contributed by atoms with Crippen LogP contribution < -0.4 is 0 Å². The van der Waals surface area contributed by atoms with Crippen LogP contribution in [-0.2, 0) is 14.4 Å². The maximum atomic E-state index is 12.4. The largest absolute Gasteiger partial charge is 0.478 e. The Balaban J connectivity index is 2.77. The van der Waals surface area contributed by atoms with Gasteiger partial charge in [0.1, 0.15) is 0 Å². The lowest BCUT2D eigenvalue weighted by Gasteiger charge is -2.17. The van der Waals surface area contributed by atoms with Gasteiger partial charge in [0.2, 0.25) is 0 Å². The molecule has 0 fully saturated rings. The van der Waals surface area contributed by atoms with Gasteiger partial charge in [-0.05, 0) is 39.7 Å². The van der Waals surface area contributed by atoms with Crippen molar-refractivity contribution in [2.75, 3.05) is 0 Å². The Kier molecular flexibility index (Phi) is 8.53. The lowest BCUT2D eigenvalue weighted by atomic mass is 9.85. The van der Waals surface area contributed by atoms with Gasteiger partial charge in [0.05, 0.1) is 0 Å². The van der Waals surface area contributed by atoms with Crippen LogP contribution in [0.1, 0.15) is 79.1 Å². The van der Waals surface area contributed by atoms with Gasteiger partial charge >= 0.3 is 5.97 Å². The molecule has 25 heavy (non-hydrogen) atoms. The van der Waals surface area contributed by atoms with Crippen molar-refractivity contribution < 1.29 is 19.5 Å². The van der Waals surface area contributed by atoms with Crippen LogP contribution in [0, 0.1) is 0 Å². The van der Waals surface area contributed by atoms with Crippen molar-refractivity contribution in [3.8, 4) is 0 Å². The molecule has 4 nitrogen and oxygen atoms in total. The van der Waals surface area contributed by atoms with Gasteiger partial charge in [0.15, 0.2) is 11.6 Å². The highest BCUT2D eigenvalue weighted by atomic mass is 16.4. The molecule has 0 unspecified atom stereocenters. The Morgan fingerprint density at radius 1 is 0.840 bits per heavy atom. The molecule has 0 bridgehead atoms. The van der Waals surface area contributed by atoms with Crippen molar-refractivity contribution in [2.24, 2.45) is 0 Å². The fourth-order valence-corrected chi connectivity index (χ4v) is 2.98. The molecule has 0 aliphatic heterocycles. The Bertz CT molecular complexity index is 632. The van der Waals surface area contributed by atoms with E-state index in [9.17, 15) is 19.5 Å². The molecule has 0 spiro atoms. The number of rotatable bonds is 10. The molecule has 0 saturated heterocycles. The summed E-state index contributed by atoms with van der Waals surface area (Å²) in [6.07, 6.45) is 9.56. The predicted octanol–water partition coefficient (Wildman–Crippen LogP) is 4.94. The first-order chi connectivity index (χ1) is 11.8. The second-order valence-corrected chi connectivity index (χ2v) is 6.79. The molecule has 0 saturated carbocycles. The highest BCUT2D eigenvalue weighted by molar-refractivity contribution is 6.25. The Morgan fingerprint density at radius 2 is 1.36 bits per heavy atom. The summed E-state index contributed by atoms with van der Waals surface area (Å²) in [5.74, 6) is -1.44. The third-order valence-corrected chi connectivity index (χ3v) is 4.88. The summed E-state index contributed by atoms with van der Waals surface area (Å²) in [6.45, 7) is 7.02. The summed E-state index contributed by atoms with van der Waals surface area (Å²) in [4.78, 5) is 36.1. The number of carboxylic acid groups (broad SMARTS) is 1. The zero-order valence-corrected chi connectivity index (χ0v) is 15.9. The molecule has 0 atom stereocenters. The first-order valence-electron chi connectivity index (χ1n) is 9.22. The summed E-state index contributed by atoms with van der Waals surface area (Å²) in [5, 5.41) is 9.43. The zero-order chi connectivity index (χ0) is 19.0. The molecule has 0 radical (unpaired) electrons. The van der Waals surface area contributed by atoms with E-state index in [1.807, 2.05) is 0 Å². The summed E-state index contributed by atoms with van der Waals surface area (Å²) < 4.78 is 0. The van der Waals surface area contributed by atoms with Gasteiger partial charge < -0.3 is 5.11 Å². The van der Waals surface area contributed by atoms with E-state index in [0.717, 1.165) is 19.3 Å². The van der Waals surface area contributed by atoms with E-state index >= 15 is 0 Å². The monoisotopic (exact) mass is 346 g/mol. The molecule has 1 aliphatic rings. The van der Waals surface area contributed by atoms with Gasteiger partial charge in [0.25, 0.3) is 0 Å². The third kappa shape index (κ3) is 5.80. The smallest absolute Gasteiger partial charge is 0.331 e. The summed E-state index contributed by atoms with van der Waals surface area (Å²) >= 11 is 0. The van der Waals surface area contributed by atoms with Gasteiger partial charge in [-0.15, -0.1) is 0 Å². The van der Waals surface area contributed by atoms with Gasteiger partial charge in [0, 0.05) is 27.9 Å². The van der Waals surface area contributed by atoms with E-state index in [1.165, 1.54) is 31.8 Å². The van der Waals surface area contributed by atoms with Crippen LogP contribution in [0.3, 0.4) is 0 Å². The van der Waals surface area contributed by atoms with Crippen LogP contribution >= 0.6 is 0 Å². The third-order valence-electron chi connectivity index (χ3n) is 4.88. The highest BCUT2D eigenvalue weighted by Crippen LogP contribution is 2.26. The fourth-order valence-electron chi connectivity index (χ4n) is 2.98. The van der Waals surface area contributed by atoms with Crippen LogP contribution in [0.2, 0.25) is 0 Å². The molecule has 0 aromatic carbocycles. The molecule has 0 aromatic heterocycles. The summed E-state index contributed by atoms with van der Waals surface area (Å²) in [5.41, 5.74) is 1.63. The highest BCUT2D eigenvalue weighted by Gasteiger charge is 2.27. The Labute approximate surface area is 150 Å². The molecule has 1 rings (SSSR count). The van der Waals surface area contributed by atoms with Crippen molar-refractivity contribution in [1.29, 1.82) is 0 Å². The van der Waals surface area contributed by atoms with E-state index < -0.39 is 5.97 Å². The standard InChI is InChI=1S/C21H30O4/c1-5-6-7-8-9-10-11-12-17(21(24)25)13-18-16(4)19(22)14(2)15(3)20(18)23/h13H,5-12H2,1-4H3,(H,24,25)/b17-13+. The summed E-state index contributed by atoms with van der Waals surface area (Å²) in [6, 6.07) is 0. The number of hydrogen-bond acceptors (Lipinski definition) is 3. The molecular weight excluding hydrogens is 316 g/mol. The second-order valence-electron chi connectivity index (χ2n) is 6.79. The first-order valence-corrected chi connectivity index (χ1v) is 9.22. The topological polar surface area (TPSA) is 71.4 Å². The number of aliphatic carboxylic acids is 1. The predicted molar refractivity (Wildman–Crippen MR) is 99.4 cm³/mol. The lowest BCUT2D eigenvalue weighted by molar-refractivity contribution is -0.132. The van der Waals surface area contributed by atoms with Gasteiger partial charge in [-0.25, -0.2) is 4.79 Å². The number of Topliss-reactive ketones (excluding diaryl/α,β-unsaturated/α-hetero) is 2. The van der Waals surface area contributed by atoms with Crippen LogP contribution in [0.4, 0.5) is 0 Å². The minimum absolute atomic E-state index is 0.177. The van der Waals surface area contributed by atoms with E-state index in [4.69, 9.17) is 0 Å². The van der Waals surface area contributed by atoms with Crippen molar-refractivity contribution in [3.05, 3.63) is 33.9 Å². The Morgan fingerprint density at radius 3 is 1.92 bits per heavy atom. The van der Waals surface area contributed by atoms with E-state index in [0.29, 0.717) is 23.1 Å². The fraction of sp³-hybridized carbons (Fsp3) is 0.571. The van der Waals surface area contributed by atoms with Crippen molar-refractivity contribution >= 4 is 17.5 Å². The van der Waals surface area contributed by atoms with Crippen LogP contribution in [0.15, 0.2) is 33.9 Å². The van der Waals surface area contributed by atoms with Crippen LogP contribution in [0.5, 0.6) is 0 Å². The summed E-state index contributed by atoms with van der Waals surface area (Å²) in [7, 11) is 0. The number of unbranched alkanes of at least 4 members (excludes halogenated alkanes) is 6. The number of carbonyl (C=O) groups excluding carboxylic acids is 2. The molecule has 0 amide bonds. The second kappa shape index (κ2) is 10.1. The minimum Gasteiger partial charge on any atom is -0.478 e. The molecular formula is C21H30O4. The van der Waals surface area contributed by atoms with E-state index in [-0.39, 0.29) is 22.7 Å². The van der Waals surface area contributed by atoms with Gasteiger partial charge in [-0.3, -0.25) is 9.59 Å². The van der Waals surface area contributed by atoms with Crippen molar-refractivity contribution in [3.63, 3.8) is 0 Å². The molecule has 0 heterocycles. The van der Waals surface area contributed by atoms with Gasteiger partial charge in [-0.1, -0.05) is 45.4 Å². The normalized spacial score (nSPS) is 16.1. The van der Waals surface area contributed by atoms with Crippen molar-refractivity contribution in [1.82, 2.24) is 0 Å². The average molecular weight is 346 g/mol. The zero-order valence-electron chi connectivity index (χ0n) is 15.9. The molecule has 0 aromatic rings. The molecule has 1 aliphatic carbocycles. The molecule has 1 N–H and O–H groups in total. The van der Waals surface area contributed by atoms with Gasteiger partial charge in [-0.2, -0.15) is 0 Å². The van der Waals surface area contributed by atoms with E-state index in [2.05, 4.69) is 6.92 Å². The number of hydrogen-bond donors (Lipinski definition) is 1. The van der Waals surface area contributed by atoms with E-state index in [1.54, 1.807) is 20.8 Å².